The Morgan fingerprint density at radius 2 is 2.00 bits per heavy atom. The molecular formula is C22H25F3N4O2. The summed E-state index contributed by atoms with van der Waals surface area (Å²) in [6.45, 7) is 5.41. The number of aromatic nitrogens is 1. The summed E-state index contributed by atoms with van der Waals surface area (Å²) in [7, 11) is 0. The van der Waals surface area contributed by atoms with Crippen LogP contribution in [-0.4, -0.2) is 16.8 Å². The maximum Gasteiger partial charge on any atom is 0.416 e. The first-order valence-corrected chi connectivity index (χ1v) is 9.99. The molecule has 1 aliphatic rings. The van der Waals surface area contributed by atoms with Gasteiger partial charge in [-0.25, -0.2) is 0 Å². The third-order valence-corrected chi connectivity index (χ3v) is 5.08. The van der Waals surface area contributed by atoms with Crippen LogP contribution in [0.4, 0.5) is 13.2 Å². The van der Waals surface area contributed by atoms with Crippen molar-refractivity contribution < 1.29 is 22.8 Å². The van der Waals surface area contributed by atoms with Gasteiger partial charge in [-0.3, -0.25) is 19.9 Å². The summed E-state index contributed by atoms with van der Waals surface area (Å²) in [6.07, 6.45) is -2.28. The molecule has 0 radical (unpaired) electrons. The molecule has 0 saturated carbocycles. The lowest BCUT2D eigenvalue weighted by atomic mass is 9.96. The average Bonchev–Trinajstić information content (AvgIpc) is 2.70. The van der Waals surface area contributed by atoms with Crippen LogP contribution >= 0.6 is 0 Å². The lowest BCUT2D eigenvalue weighted by Crippen LogP contribution is -2.47. The first-order chi connectivity index (χ1) is 14.5. The van der Waals surface area contributed by atoms with E-state index in [2.05, 4.69) is 20.9 Å². The van der Waals surface area contributed by atoms with Crippen LogP contribution < -0.4 is 16.0 Å². The number of hydrogen-bond acceptors (Lipinski definition) is 4. The van der Waals surface area contributed by atoms with E-state index in [-0.39, 0.29) is 36.3 Å². The molecule has 1 fully saturated rings. The van der Waals surface area contributed by atoms with Gasteiger partial charge >= 0.3 is 6.18 Å². The van der Waals surface area contributed by atoms with Crippen molar-refractivity contribution in [2.24, 2.45) is 5.92 Å². The average molecular weight is 434 g/mol. The van der Waals surface area contributed by atoms with E-state index >= 15 is 0 Å². The van der Waals surface area contributed by atoms with Gasteiger partial charge in [-0.05, 0) is 35.7 Å². The Morgan fingerprint density at radius 3 is 2.65 bits per heavy atom. The molecule has 2 amide bonds. The number of aryl methyl sites for hydroxylation is 1. The molecule has 0 spiro atoms. The summed E-state index contributed by atoms with van der Waals surface area (Å²) < 4.78 is 41.1. The Kier molecular flexibility index (Phi) is 6.64. The van der Waals surface area contributed by atoms with Gasteiger partial charge in [0.05, 0.1) is 5.56 Å². The maximum atomic E-state index is 13.7. The number of pyridine rings is 1. The van der Waals surface area contributed by atoms with Gasteiger partial charge in [0.2, 0.25) is 11.8 Å². The standard InChI is InChI=1S/C22H25F3N4O2/c1-12(2)21(31)27-10-14-4-5-17(22(23,24)25)16(7-14)20-28-18(8-19(30)29-20)15-6-13(3)9-26-11-15/h4-7,9,11-12,18,20,28H,8,10H2,1-3H3,(H,27,31)(H,29,30). The van der Waals surface area contributed by atoms with E-state index in [9.17, 15) is 22.8 Å². The highest BCUT2D eigenvalue weighted by atomic mass is 19.4. The Morgan fingerprint density at radius 1 is 1.26 bits per heavy atom. The minimum absolute atomic E-state index is 0.0904. The lowest BCUT2D eigenvalue weighted by Gasteiger charge is -2.33. The maximum absolute atomic E-state index is 13.7. The highest BCUT2D eigenvalue weighted by Gasteiger charge is 2.38. The molecule has 0 aliphatic carbocycles. The highest BCUT2D eigenvalue weighted by molar-refractivity contribution is 5.78. The van der Waals surface area contributed by atoms with E-state index in [1.54, 1.807) is 26.2 Å². The normalized spacial score (nSPS) is 19.3. The van der Waals surface area contributed by atoms with E-state index in [4.69, 9.17) is 0 Å². The van der Waals surface area contributed by atoms with Crippen molar-refractivity contribution >= 4 is 11.8 Å². The second-order valence-corrected chi connectivity index (χ2v) is 8.01. The first kappa shape index (κ1) is 22.7. The minimum atomic E-state index is -4.60. The van der Waals surface area contributed by atoms with E-state index in [0.29, 0.717) is 5.56 Å². The van der Waals surface area contributed by atoms with Gasteiger partial charge in [0.25, 0.3) is 0 Å². The number of nitrogens with zero attached hydrogens (tertiary/aromatic N) is 1. The number of hydrogen-bond donors (Lipinski definition) is 3. The van der Waals surface area contributed by atoms with Crippen molar-refractivity contribution in [3.8, 4) is 0 Å². The summed E-state index contributed by atoms with van der Waals surface area (Å²) in [4.78, 5) is 28.3. The molecule has 2 atom stereocenters. The monoisotopic (exact) mass is 434 g/mol. The van der Waals surface area contributed by atoms with Crippen LogP contribution in [0.2, 0.25) is 0 Å². The molecule has 166 valence electrons. The van der Waals surface area contributed by atoms with Gasteiger partial charge in [0.1, 0.15) is 6.17 Å². The molecule has 9 heteroatoms. The molecule has 6 nitrogen and oxygen atoms in total. The molecular weight excluding hydrogens is 409 g/mol. The van der Waals surface area contributed by atoms with Gasteiger partial charge in [0.15, 0.2) is 0 Å². The molecule has 0 bridgehead atoms. The van der Waals surface area contributed by atoms with Crippen molar-refractivity contribution in [1.82, 2.24) is 20.9 Å². The SMILES string of the molecule is Cc1cncc(C2CC(=O)NC(c3cc(CNC(=O)C(C)C)ccc3C(F)(F)F)N2)c1. The third-order valence-electron chi connectivity index (χ3n) is 5.08. The van der Waals surface area contributed by atoms with E-state index in [1.807, 2.05) is 13.0 Å². The van der Waals surface area contributed by atoms with Gasteiger partial charge in [0, 0.05) is 42.9 Å². The molecule has 2 aromatic rings. The van der Waals surface area contributed by atoms with Gasteiger partial charge < -0.3 is 10.6 Å². The van der Waals surface area contributed by atoms with Crippen LogP contribution in [0.1, 0.15) is 60.3 Å². The van der Waals surface area contributed by atoms with Crippen molar-refractivity contribution in [2.45, 2.75) is 52.1 Å². The zero-order chi connectivity index (χ0) is 22.8. The Hall–Kier alpha value is -2.94. The van der Waals surface area contributed by atoms with Gasteiger partial charge in [-0.15, -0.1) is 0 Å². The van der Waals surface area contributed by atoms with Gasteiger partial charge in [-0.1, -0.05) is 26.0 Å². The van der Waals surface area contributed by atoms with Crippen LogP contribution in [0, 0.1) is 12.8 Å². The number of halogens is 3. The predicted molar refractivity (Wildman–Crippen MR) is 108 cm³/mol. The molecule has 31 heavy (non-hydrogen) atoms. The number of alkyl halides is 3. The molecule has 3 N–H and O–H groups in total. The van der Waals surface area contributed by atoms with Crippen molar-refractivity contribution in [1.29, 1.82) is 0 Å². The van der Waals surface area contributed by atoms with Crippen LogP contribution in [0.5, 0.6) is 0 Å². The first-order valence-electron chi connectivity index (χ1n) is 9.99. The molecule has 1 aliphatic heterocycles. The van der Waals surface area contributed by atoms with E-state index < -0.39 is 23.9 Å². The second-order valence-electron chi connectivity index (χ2n) is 8.01. The number of carbonyl (C=O) groups is 2. The Labute approximate surface area is 178 Å². The highest BCUT2D eigenvalue weighted by Crippen LogP contribution is 2.36. The summed E-state index contributed by atoms with van der Waals surface area (Å²) in [6, 6.07) is 5.06. The van der Waals surface area contributed by atoms with E-state index in [0.717, 1.165) is 17.2 Å². The Balaban J connectivity index is 1.93. The molecule has 2 unspecified atom stereocenters. The number of rotatable bonds is 5. The lowest BCUT2D eigenvalue weighted by molar-refractivity contribution is -0.139. The minimum Gasteiger partial charge on any atom is -0.352 e. The molecule has 1 saturated heterocycles. The van der Waals surface area contributed by atoms with Crippen LogP contribution in [0.3, 0.4) is 0 Å². The topological polar surface area (TPSA) is 83.1 Å². The molecule has 1 aromatic carbocycles. The van der Waals surface area contributed by atoms with Gasteiger partial charge in [-0.2, -0.15) is 13.2 Å². The zero-order valence-electron chi connectivity index (χ0n) is 17.5. The third kappa shape index (κ3) is 5.61. The number of benzene rings is 1. The van der Waals surface area contributed by atoms with Crippen molar-refractivity contribution in [3.05, 3.63) is 64.5 Å². The fourth-order valence-corrected chi connectivity index (χ4v) is 3.47. The van der Waals surface area contributed by atoms with Crippen LogP contribution in [0.25, 0.3) is 0 Å². The number of amides is 2. The summed E-state index contributed by atoms with van der Waals surface area (Å²) in [5, 5.41) is 8.42. The fourth-order valence-electron chi connectivity index (χ4n) is 3.47. The zero-order valence-corrected chi connectivity index (χ0v) is 17.5. The summed E-state index contributed by atoms with van der Waals surface area (Å²) >= 11 is 0. The largest absolute Gasteiger partial charge is 0.416 e. The summed E-state index contributed by atoms with van der Waals surface area (Å²) in [5.74, 6) is -0.795. The number of carbonyl (C=O) groups excluding carboxylic acids is 2. The van der Waals surface area contributed by atoms with E-state index in [1.165, 1.54) is 12.1 Å². The second kappa shape index (κ2) is 9.05. The Bertz CT molecular complexity index is 975. The van der Waals surface area contributed by atoms with Crippen molar-refractivity contribution in [2.75, 3.05) is 0 Å². The smallest absolute Gasteiger partial charge is 0.352 e. The number of nitrogens with one attached hydrogen (secondary N) is 3. The van der Waals surface area contributed by atoms with Crippen LogP contribution in [0.15, 0.2) is 36.7 Å². The summed E-state index contributed by atoms with van der Waals surface area (Å²) in [5.41, 5.74) is 1.19. The quantitative estimate of drug-likeness (QED) is 0.672. The molecule has 3 rings (SSSR count). The van der Waals surface area contributed by atoms with Crippen LogP contribution in [-0.2, 0) is 22.3 Å². The molecule has 2 heterocycles. The predicted octanol–water partition coefficient (Wildman–Crippen LogP) is 3.53. The van der Waals surface area contributed by atoms with Crippen molar-refractivity contribution in [3.63, 3.8) is 0 Å². The fraction of sp³-hybridized carbons (Fsp3) is 0.409. The molecule has 1 aromatic heterocycles.